The molecule has 2 atom stereocenters. The summed E-state index contributed by atoms with van der Waals surface area (Å²) in [5.74, 6) is 0.0884. The fourth-order valence-electron chi connectivity index (χ4n) is 3.86. The van der Waals surface area contributed by atoms with Crippen molar-refractivity contribution in [3.05, 3.63) is 36.3 Å². The van der Waals surface area contributed by atoms with Crippen LogP contribution in [-0.4, -0.2) is 31.8 Å². The molecule has 0 aromatic carbocycles. The number of carbonyl (C=O) groups excluding carboxylic acids is 2. The van der Waals surface area contributed by atoms with E-state index in [0.717, 1.165) is 37.0 Å². The van der Waals surface area contributed by atoms with Crippen molar-refractivity contribution in [2.75, 3.05) is 0 Å². The molecule has 1 saturated carbocycles. The Kier molecular flexibility index (Phi) is 3.14. The molecule has 4 rings (SSSR count). The smallest absolute Gasteiger partial charge is 0.323 e. The summed E-state index contributed by atoms with van der Waals surface area (Å²) in [6, 6.07) is 5.45. The summed E-state index contributed by atoms with van der Waals surface area (Å²) in [5, 5.41) is 2.98. The quantitative estimate of drug-likeness (QED) is 0.866. The highest BCUT2D eigenvalue weighted by molar-refractivity contribution is 6.07. The number of imidazole rings is 1. The van der Waals surface area contributed by atoms with E-state index in [1.807, 2.05) is 35.0 Å². The van der Waals surface area contributed by atoms with Crippen LogP contribution in [0.3, 0.4) is 0 Å². The van der Waals surface area contributed by atoms with Gasteiger partial charge in [-0.1, -0.05) is 25.8 Å². The highest BCUT2D eigenvalue weighted by atomic mass is 16.2. The minimum absolute atomic E-state index is 0.0910. The van der Waals surface area contributed by atoms with Crippen molar-refractivity contribution in [3.8, 4) is 0 Å². The molecule has 2 fully saturated rings. The van der Waals surface area contributed by atoms with Gasteiger partial charge in [0.05, 0.1) is 12.2 Å². The van der Waals surface area contributed by atoms with Crippen LogP contribution in [0.25, 0.3) is 5.65 Å². The maximum atomic E-state index is 12.9. The Morgan fingerprint density at radius 3 is 3.00 bits per heavy atom. The van der Waals surface area contributed by atoms with Gasteiger partial charge in [0.25, 0.3) is 5.91 Å². The zero-order valence-electron chi connectivity index (χ0n) is 13.2. The normalized spacial score (nSPS) is 27.9. The molecule has 3 amide bonds. The zero-order valence-corrected chi connectivity index (χ0v) is 13.2. The Morgan fingerprint density at radius 1 is 1.35 bits per heavy atom. The number of hydrogen-bond donors (Lipinski definition) is 1. The number of rotatable bonds is 2. The van der Waals surface area contributed by atoms with Gasteiger partial charge in [-0.05, 0) is 30.9 Å². The summed E-state index contributed by atoms with van der Waals surface area (Å²) in [5.41, 5.74) is 0.838. The van der Waals surface area contributed by atoms with Gasteiger partial charge in [0.15, 0.2) is 0 Å². The van der Waals surface area contributed by atoms with Crippen molar-refractivity contribution >= 4 is 17.6 Å². The second-order valence-electron chi connectivity index (χ2n) is 6.64. The predicted octanol–water partition coefficient (Wildman–Crippen LogP) is 2.33. The average Bonchev–Trinajstić information content (AvgIpc) is 3.05. The van der Waals surface area contributed by atoms with Crippen LogP contribution >= 0.6 is 0 Å². The second-order valence-corrected chi connectivity index (χ2v) is 6.64. The summed E-state index contributed by atoms with van der Waals surface area (Å²) < 4.78 is 1.90. The zero-order chi connectivity index (χ0) is 16.0. The molecule has 2 aromatic heterocycles. The van der Waals surface area contributed by atoms with Crippen LogP contribution in [0.15, 0.2) is 30.6 Å². The van der Waals surface area contributed by atoms with Crippen LogP contribution in [0.5, 0.6) is 0 Å². The lowest BCUT2D eigenvalue weighted by Crippen LogP contribution is -2.53. The van der Waals surface area contributed by atoms with Gasteiger partial charge >= 0.3 is 6.03 Å². The van der Waals surface area contributed by atoms with E-state index in [2.05, 4.69) is 17.2 Å². The van der Waals surface area contributed by atoms with Crippen molar-refractivity contribution in [1.29, 1.82) is 0 Å². The number of carbonyl (C=O) groups is 2. The molecular formula is C17H20N4O2. The van der Waals surface area contributed by atoms with Gasteiger partial charge in [0, 0.05) is 12.4 Å². The lowest BCUT2D eigenvalue weighted by Gasteiger charge is -2.36. The van der Waals surface area contributed by atoms with E-state index in [1.165, 1.54) is 4.90 Å². The maximum absolute atomic E-state index is 12.9. The van der Waals surface area contributed by atoms with Gasteiger partial charge in [-0.25, -0.2) is 9.78 Å². The third-order valence-electron chi connectivity index (χ3n) is 5.24. The summed E-state index contributed by atoms with van der Waals surface area (Å²) >= 11 is 0. The lowest BCUT2D eigenvalue weighted by molar-refractivity contribution is -0.134. The number of nitrogens with zero attached hydrogens (tertiary/aromatic N) is 3. The van der Waals surface area contributed by atoms with Crippen LogP contribution in [0, 0.1) is 5.92 Å². The van der Waals surface area contributed by atoms with Gasteiger partial charge in [0.2, 0.25) is 0 Å². The molecule has 1 N–H and O–H groups in total. The van der Waals surface area contributed by atoms with Gasteiger partial charge in [-0.2, -0.15) is 0 Å². The third-order valence-corrected chi connectivity index (χ3v) is 5.24. The number of aromatic nitrogens is 2. The molecule has 1 aliphatic heterocycles. The molecule has 1 aliphatic carbocycles. The Bertz CT molecular complexity index is 751. The molecule has 1 spiro atoms. The molecule has 3 heterocycles. The van der Waals surface area contributed by atoms with Crippen molar-refractivity contribution in [2.45, 2.75) is 44.7 Å². The Balaban J connectivity index is 1.61. The van der Waals surface area contributed by atoms with Crippen molar-refractivity contribution < 1.29 is 9.59 Å². The predicted molar refractivity (Wildman–Crippen MR) is 84.6 cm³/mol. The van der Waals surface area contributed by atoms with E-state index in [4.69, 9.17) is 0 Å². The third kappa shape index (κ3) is 2.12. The Hall–Kier alpha value is -2.37. The first-order valence-corrected chi connectivity index (χ1v) is 8.17. The summed E-state index contributed by atoms with van der Waals surface area (Å²) in [4.78, 5) is 31.1. The van der Waals surface area contributed by atoms with E-state index >= 15 is 0 Å². The molecule has 6 heteroatoms. The largest absolute Gasteiger partial charge is 0.325 e. The van der Waals surface area contributed by atoms with Gasteiger partial charge in [-0.3, -0.25) is 9.69 Å². The molecule has 0 unspecified atom stereocenters. The van der Waals surface area contributed by atoms with E-state index < -0.39 is 5.54 Å². The SMILES string of the molecule is C[C@@H]1CCCC[C@@]12NC(=O)N(Cc1cn3ccccc3n1)C2=O. The molecule has 1 saturated heterocycles. The molecular weight excluding hydrogens is 292 g/mol. The van der Waals surface area contributed by atoms with Crippen LogP contribution in [0.4, 0.5) is 4.79 Å². The molecule has 120 valence electrons. The number of hydrogen-bond acceptors (Lipinski definition) is 3. The first kappa shape index (κ1) is 14.2. The highest BCUT2D eigenvalue weighted by Gasteiger charge is 2.54. The first-order chi connectivity index (χ1) is 11.1. The Morgan fingerprint density at radius 2 is 2.22 bits per heavy atom. The average molecular weight is 312 g/mol. The van der Waals surface area contributed by atoms with Gasteiger partial charge in [-0.15, -0.1) is 0 Å². The number of amides is 3. The van der Waals surface area contributed by atoms with Crippen molar-refractivity contribution in [2.24, 2.45) is 5.92 Å². The monoisotopic (exact) mass is 312 g/mol. The molecule has 6 nitrogen and oxygen atoms in total. The summed E-state index contributed by atoms with van der Waals surface area (Å²) in [7, 11) is 0. The molecule has 0 bridgehead atoms. The van der Waals surface area contributed by atoms with Crippen LogP contribution in [0.2, 0.25) is 0 Å². The maximum Gasteiger partial charge on any atom is 0.325 e. The standard InChI is InChI=1S/C17H20N4O2/c1-12-6-2-4-8-17(12)15(22)21(16(23)19-17)11-13-10-20-9-5-3-7-14(20)18-13/h3,5,7,9-10,12H,2,4,6,8,11H2,1H3,(H,19,23)/t12-,17-/m1/s1. The van der Waals surface area contributed by atoms with Crippen LogP contribution in [-0.2, 0) is 11.3 Å². The minimum atomic E-state index is -0.700. The van der Waals surface area contributed by atoms with Crippen molar-refractivity contribution in [3.63, 3.8) is 0 Å². The number of imide groups is 1. The van der Waals surface area contributed by atoms with Crippen LogP contribution < -0.4 is 5.32 Å². The molecule has 2 aromatic rings. The molecule has 0 radical (unpaired) electrons. The topological polar surface area (TPSA) is 66.7 Å². The first-order valence-electron chi connectivity index (χ1n) is 8.17. The lowest BCUT2D eigenvalue weighted by atomic mass is 9.73. The number of pyridine rings is 1. The summed E-state index contributed by atoms with van der Waals surface area (Å²) in [6.45, 7) is 2.28. The van der Waals surface area contributed by atoms with Crippen molar-refractivity contribution in [1.82, 2.24) is 19.6 Å². The fourth-order valence-corrected chi connectivity index (χ4v) is 3.86. The van der Waals surface area contributed by atoms with E-state index in [1.54, 1.807) is 0 Å². The van der Waals surface area contributed by atoms with E-state index in [0.29, 0.717) is 0 Å². The second kappa shape index (κ2) is 5.08. The molecule has 2 aliphatic rings. The number of urea groups is 1. The Labute approximate surface area is 134 Å². The minimum Gasteiger partial charge on any atom is -0.323 e. The van der Waals surface area contributed by atoms with Gasteiger partial charge in [0.1, 0.15) is 11.2 Å². The summed E-state index contributed by atoms with van der Waals surface area (Å²) in [6.07, 6.45) is 7.60. The van der Waals surface area contributed by atoms with Gasteiger partial charge < -0.3 is 9.72 Å². The van der Waals surface area contributed by atoms with Crippen LogP contribution in [0.1, 0.15) is 38.3 Å². The number of nitrogens with one attached hydrogen (secondary N) is 1. The van der Waals surface area contributed by atoms with E-state index in [-0.39, 0.29) is 24.4 Å². The molecule has 23 heavy (non-hydrogen) atoms. The highest BCUT2D eigenvalue weighted by Crippen LogP contribution is 2.38. The number of fused-ring (bicyclic) bond motifs is 1. The fraction of sp³-hybridized carbons (Fsp3) is 0.471. The van der Waals surface area contributed by atoms with E-state index in [9.17, 15) is 9.59 Å².